The number of rotatable bonds is 9. The second-order valence-electron chi connectivity index (χ2n) is 7.97. The monoisotopic (exact) mass is 369 g/mol. The molecule has 0 aliphatic rings. The summed E-state index contributed by atoms with van der Waals surface area (Å²) in [5, 5.41) is 13.5. The number of benzene rings is 2. The maximum Gasteiger partial charge on any atom is 0.191 e. The van der Waals surface area contributed by atoms with E-state index in [4.69, 9.17) is 4.74 Å². The molecular weight excluding hydrogens is 338 g/mol. The topological polar surface area (TPSA) is 58.6 Å². The van der Waals surface area contributed by atoms with Gasteiger partial charge in [0.2, 0.25) is 0 Å². The van der Waals surface area contributed by atoms with Gasteiger partial charge in [-0.25, -0.2) is 0 Å². The number of ether oxygens (including phenoxy) is 1. The van der Waals surface area contributed by atoms with Gasteiger partial charge in [-0.15, -0.1) is 0 Å². The lowest BCUT2D eigenvalue weighted by molar-refractivity contribution is -0.00329. The van der Waals surface area contributed by atoms with Crippen LogP contribution in [0.5, 0.6) is 0 Å². The van der Waals surface area contributed by atoms with E-state index in [1.54, 1.807) is 12.1 Å². The van der Waals surface area contributed by atoms with E-state index in [2.05, 4.69) is 5.32 Å². The molecule has 0 radical (unpaired) electrons. The van der Waals surface area contributed by atoms with Gasteiger partial charge in [0, 0.05) is 24.1 Å². The van der Waals surface area contributed by atoms with Gasteiger partial charge in [-0.2, -0.15) is 0 Å². The number of ketones is 1. The van der Waals surface area contributed by atoms with Crippen LogP contribution in [-0.2, 0) is 11.2 Å². The van der Waals surface area contributed by atoms with Crippen molar-refractivity contribution in [3.8, 4) is 0 Å². The van der Waals surface area contributed by atoms with Crippen LogP contribution in [0.15, 0.2) is 54.6 Å². The Kier molecular flexibility index (Phi) is 7.72. The van der Waals surface area contributed by atoms with Crippen molar-refractivity contribution in [2.45, 2.75) is 51.9 Å². The van der Waals surface area contributed by atoms with Crippen LogP contribution in [0.3, 0.4) is 0 Å². The molecule has 0 saturated heterocycles. The van der Waals surface area contributed by atoms with Gasteiger partial charge in [0.1, 0.15) is 6.10 Å². The quantitative estimate of drug-likeness (QED) is 0.664. The van der Waals surface area contributed by atoms with Crippen molar-refractivity contribution in [1.82, 2.24) is 5.32 Å². The number of Topliss-reactive ketones (excluding diaryl/α,β-unsaturated/α-hetero) is 1. The number of nitrogens with one attached hydrogen (secondary N) is 1. The van der Waals surface area contributed by atoms with E-state index >= 15 is 0 Å². The number of carbonyl (C=O) groups is 1. The molecule has 0 spiro atoms. The van der Waals surface area contributed by atoms with Crippen molar-refractivity contribution < 1.29 is 14.6 Å². The molecule has 2 N–H and O–H groups in total. The first kappa shape index (κ1) is 21.3. The number of aliphatic hydroxyl groups is 1. The van der Waals surface area contributed by atoms with Crippen molar-refractivity contribution >= 4 is 5.78 Å². The summed E-state index contributed by atoms with van der Waals surface area (Å²) >= 11 is 0. The molecule has 4 heteroatoms. The largest absolute Gasteiger partial charge is 0.389 e. The first-order valence-electron chi connectivity index (χ1n) is 9.45. The predicted octanol–water partition coefficient (Wildman–Crippen LogP) is 3.55. The van der Waals surface area contributed by atoms with E-state index in [0.29, 0.717) is 18.5 Å². The molecule has 2 rings (SSSR count). The molecule has 2 aromatic carbocycles. The summed E-state index contributed by atoms with van der Waals surface area (Å²) in [6.07, 6.45) is -0.815. The smallest absolute Gasteiger partial charge is 0.191 e. The van der Waals surface area contributed by atoms with Crippen LogP contribution in [0.1, 0.15) is 42.3 Å². The molecule has 2 aromatic rings. The van der Waals surface area contributed by atoms with Gasteiger partial charge in [0.05, 0.1) is 12.7 Å². The van der Waals surface area contributed by atoms with Gasteiger partial charge < -0.3 is 15.2 Å². The van der Waals surface area contributed by atoms with Crippen molar-refractivity contribution in [3.63, 3.8) is 0 Å². The maximum absolute atomic E-state index is 13.0. The molecular formula is C23H31NO3. The highest BCUT2D eigenvalue weighted by Crippen LogP contribution is 2.16. The predicted molar refractivity (Wildman–Crippen MR) is 109 cm³/mol. The highest BCUT2D eigenvalue weighted by atomic mass is 16.5. The lowest BCUT2D eigenvalue weighted by Crippen LogP contribution is -2.43. The Hall–Kier alpha value is -2.01. The van der Waals surface area contributed by atoms with Crippen molar-refractivity contribution in [2.24, 2.45) is 0 Å². The van der Waals surface area contributed by atoms with Crippen LogP contribution in [0, 0.1) is 6.92 Å². The maximum atomic E-state index is 13.0. The molecule has 2 unspecified atom stereocenters. The number of aryl methyl sites for hydroxylation is 1. The molecule has 2 atom stereocenters. The van der Waals surface area contributed by atoms with Crippen molar-refractivity contribution in [3.05, 3.63) is 71.3 Å². The van der Waals surface area contributed by atoms with Crippen LogP contribution in [0.2, 0.25) is 0 Å². The van der Waals surface area contributed by atoms with Gasteiger partial charge in [0.25, 0.3) is 0 Å². The summed E-state index contributed by atoms with van der Waals surface area (Å²) in [4.78, 5) is 13.0. The normalized spacial score (nSPS) is 14.0. The van der Waals surface area contributed by atoms with Crippen LogP contribution in [-0.4, -0.2) is 41.8 Å². The van der Waals surface area contributed by atoms with E-state index in [1.165, 1.54) is 0 Å². The molecule has 146 valence electrons. The zero-order valence-electron chi connectivity index (χ0n) is 16.7. The number of β-amino-alcohol motifs (C(OH)–C–C–N with tert-alkyl or cyclic N) is 1. The molecule has 0 aliphatic carbocycles. The van der Waals surface area contributed by atoms with Gasteiger partial charge in [0.15, 0.2) is 5.78 Å². The summed E-state index contributed by atoms with van der Waals surface area (Å²) in [6, 6.07) is 17.2. The number of aliphatic hydroxyl groups excluding tert-OH is 1. The molecule has 0 saturated carbocycles. The van der Waals surface area contributed by atoms with Gasteiger partial charge in [-0.3, -0.25) is 4.79 Å². The van der Waals surface area contributed by atoms with Crippen LogP contribution in [0.25, 0.3) is 0 Å². The van der Waals surface area contributed by atoms with E-state index in [-0.39, 0.29) is 17.9 Å². The standard InChI is InChI=1S/C23H31NO3/c1-17-10-8-9-13-19(17)14-21(22(26)18-11-6-5-7-12-18)27-16-20(25)15-24-23(2,3)4/h5-13,20-21,24-25H,14-16H2,1-4H3. The highest BCUT2D eigenvalue weighted by molar-refractivity contribution is 5.99. The van der Waals surface area contributed by atoms with E-state index < -0.39 is 12.2 Å². The third kappa shape index (κ3) is 7.25. The first-order chi connectivity index (χ1) is 12.8. The third-order valence-electron chi connectivity index (χ3n) is 4.38. The molecule has 0 fully saturated rings. The number of carbonyl (C=O) groups excluding carboxylic acids is 1. The minimum atomic E-state index is -0.674. The summed E-state index contributed by atoms with van der Waals surface area (Å²) in [5.41, 5.74) is 2.75. The van der Waals surface area contributed by atoms with Crippen LogP contribution < -0.4 is 5.32 Å². The van der Waals surface area contributed by atoms with E-state index in [1.807, 2.05) is 70.2 Å². The zero-order chi connectivity index (χ0) is 19.9. The van der Waals surface area contributed by atoms with E-state index in [9.17, 15) is 9.90 Å². The van der Waals surface area contributed by atoms with Gasteiger partial charge >= 0.3 is 0 Å². The summed E-state index contributed by atoms with van der Waals surface area (Å²) in [5.74, 6) is -0.0603. The highest BCUT2D eigenvalue weighted by Gasteiger charge is 2.23. The lowest BCUT2D eigenvalue weighted by atomic mass is 9.97. The van der Waals surface area contributed by atoms with Gasteiger partial charge in [-0.1, -0.05) is 54.6 Å². The SMILES string of the molecule is Cc1ccccc1CC(OCC(O)CNC(C)(C)C)C(=O)c1ccccc1. The van der Waals surface area contributed by atoms with Gasteiger partial charge in [-0.05, 0) is 38.8 Å². The van der Waals surface area contributed by atoms with Crippen molar-refractivity contribution in [1.29, 1.82) is 0 Å². The fourth-order valence-electron chi connectivity index (χ4n) is 2.76. The van der Waals surface area contributed by atoms with E-state index in [0.717, 1.165) is 11.1 Å². The molecule has 0 aliphatic heterocycles. The molecule has 0 heterocycles. The minimum Gasteiger partial charge on any atom is -0.389 e. The fraction of sp³-hybridized carbons (Fsp3) is 0.435. The lowest BCUT2D eigenvalue weighted by Gasteiger charge is -2.24. The second-order valence-corrected chi connectivity index (χ2v) is 7.97. The Labute approximate surface area is 162 Å². The average Bonchev–Trinajstić information content (AvgIpc) is 2.64. The second kappa shape index (κ2) is 9.79. The molecule has 0 aromatic heterocycles. The number of hydrogen-bond acceptors (Lipinski definition) is 4. The Morgan fingerprint density at radius 1 is 1.07 bits per heavy atom. The van der Waals surface area contributed by atoms with Crippen LogP contribution >= 0.6 is 0 Å². The zero-order valence-corrected chi connectivity index (χ0v) is 16.7. The molecule has 0 bridgehead atoms. The Bertz CT molecular complexity index is 722. The number of hydrogen-bond donors (Lipinski definition) is 2. The summed E-state index contributed by atoms with van der Waals surface area (Å²) < 4.78 is 5.90. The summed E-state index contributed by atoms with van der Waals surface area (Å²) in [7, 11) is 0. The fourth-order valence-corrected chi connectivity index (χ4v) is 2.76. The first-order valence-corrected chi connectivity index (χ1v) is 9.45. The minimum absolute atomic E-state index is 0.0603. The summed E-state index contributed by atoms with van der Waals surface area (Å²) in [6.45, 7) is 8.68. The molecule has 4 nitrogen and oxygen atoms in total. The van der Waals surface area contributed by atoms with Crippen LogP contribution in [0.4, 0.5) is 0 Å². The average molecular weight is 370 g/mol. The molecule has 0 amide bonds. The Morgan fingerprint density at radius 2 is 1.70 bits per heavy atom. The Balaban J connectivity index is 2.07. The molecule has 27 heavy (non-hydrogen) atoms. The van der Waals surface area contributed by atoms with Crippen molar-refractivity contribution in [2.75, 3.05) is 13.2 Å². The third-order valence-corrected chi connectivity index (χ3v) is 4.38. The Morgan fingerprint density at radius 3 is 2.33 bits per heavy atom.